The zero-order chi connectivity index (χ0) is 12.9. The van der Waals surface area contributed by atoms with Crippen LogP contribution in [0, 0.1) is 11.8 Å². The molecule has 0 saturated heterocycles. The molecule has 1 aliphatic rings. The third-order valence-electron chi connectivity index (χ3n) is 4.67. The van der Waals surface area contributed by atoms with Gasteiger partial charge in [-0.25, -0.2) is 0 Å². The van der Waals surface area contributed by atoms with E-state index in [4.69, 9.17) is 4.74 Å². The monoisotopic (exact) mass is 241 g/mol. The van der Waals surface area contributed by atoms with E-state index in [2.05, 4.69) is 33.1 Å². The van der Waals surface area contributed by atoms with Crippen LogP contribution in [0.3, 0.4) is 0 Å². The summed E-state index contributed by atoms with van der Waals surface area (Å²) in [6, 6.07) is 0.614. The summed E-state index contributed by atoms with van der Waals surface area (Å²) in [5, 5.41) is 3.52. The molecule has 1 rings (SSSR count). The van der Waals surface area contributed by atoms with Crippen molar-refractivity contribution in [1.82, 2.24) is 5.32 Å². The van der Waals surface area contributed by atoms with E-state index in [1.54, 1.807) is 0 Å². The maximum absolute atomic E-state index is 5.56. The average molecular weight is 241 g/mol. The lowest BCUT2D eigenvalue weighted by Gasteiger charge is -2.37. The molecule has 102 valence electrons. The molecular formula is C15H31NO. The van der Waals surface area contributed by atoms with Crippen molar-refractivity contribution in [1.29, 1.82) is 0 Å². The molecule has 0 heterocycles. The molecule has 1 saturated carbocycles. The summed E-state index contributed by atoms with van der Waals surface area (Å²) in [6.45, 7) is 6.71. The van der Waals surface area contributed by atoms with E-state index in [0.29, 0.717) is 6.04 Å². The SMILES string of the molecule is CCC1CCC(C(CC(C)(C)OC)NC)CC1. The quantitative estimate of drug-likeness (QED) is 0.767. The smallest absolute Gasteiger partial charge is 0.0637 e. The van der Waals surface area contributed by atoms with Crippen molar-refractivity contribution in [3.8, 4) is 0 Å². The zero-order valence-corrected chi connectivity index (χ0v) is 12.4. The second-order valence-corrected chi connectivity index (χ2v) is 6.25. The Morgan fingerprint density at radius 1 is 1.24 bits per heavy atom. The van der Waals surface area contributed by atoms with E-state index in [0.717, 1.165) is 18.3 Å². The lowest BCUT2D eigenvalue weighted by Crippen LogP contribution is -2.42. The fourth-order valence-electron chi connectivity index (χ4n) is 3.12. The molecule has 0 bridgehead atoms. The molecule has 0 aliphatic heterocycles. The van der Waals surface area contributed by atoms with Crippen LogP contribution in [0.4, 0.5) is 0 Å². The van der Waals surface area contributed by atoms with Gasteiger partial charge in [0.1, 0.15) is 0 Å². The van der Waals surface area contributed by atoms with Crippen LogP contribution in [0.25, 0.3) is 0 Å². The van der Waals surface area contributed by atoms with Gasteiger partial charge in [-0.3, -0.25) is 0 Å². The number of rotatable bonds is 6. The van der Waals surface area contributed by atoms with Gasteiger partial charge in [0, 0.05) is 13.2 Å². The van der Waals surface area contributed by atoms with E-state index >= 15 is 0 Å². The molecule has 1 fully saturated rings. The van der Waals surface area contributed by atoms with Crippen molar-refractivity contribution in [2.75, 3.05) is 14.2 Å². The highest BCUT2D eigenvalue weighted by molar-refractivity contribution is 4.85. The molecule has 0 aromatic rings. The minimum absolute atomic E-state index is 0.00468. The van der Waals surface area contributed by atoms with Crippen LogP contribution in [-0.2, 0) is 4.74 Å². The summed E-state index contributed by atoms with van der Waals surface area (Å²) in [6.07, 6.45) is 8.11. The second-order valence-electron chi connectivity index (χ2n) is 6.25. The van der Waals surface area contributed by atoms with Crippen LogP contribution in [0.1, 0.15) is 59.3 Å². The van der Waals surface area contributed by atoms with Crippen LogP contribution < -0.4 is 5.32 Å². The number of ether oxygens (including phenoxy) is 1. The number of methoxy groups -OCH3 is 1. The van der Waals surface area contributed by atoms with Gasteiger partial charge in [-0.15, -0.1) is 0 Å². The maximum Gasteiger partial charge on any atom is 0.0637 e. The summed E-state index contributed by atoms with van der Waals surface area (Å²) >= 11 is 0. The average Bonchev–Trinajstić information content (AvgIpc) is 2.36. The van der Waals surface area contributed by atoms with Gasteiger partial charge in [0.2, 0.25) is 0 Å². The predicted molar refractivity (Wildman–Crippen MR) is 74.3 cm³/mol. The molecule has 1 atom stereocenters. The largest absolute Gasteiger partial charge is 0.379 e. The summed E-state index contributed by atoms with van der Waals surface area (Å²) in [7, 11) is 3.92. The Morgan fingerprint density at radius 3 is 2.24 bits per heavy atom. The van der Waals surface area contributed by atoms with E-state index in [9.17, 15) is 0 Å². The third kappa shape index (κ3) is 4.59. The van der Waals surface area contributed by atoms with Crippen LogP contribution in [0.15, 0.2) is 0 Å². The highest BCUT2D eigenvalue weighted by Gasteiger charge is 2.30. The predicted octanol–water partition coefficient (Wildman–Crippen LogP) is 3.61. The standard InChI is InChI=1S/C15H31NO/c1-6-12-7-9-13(10-8-12)14(16-4)11-15(2,3)17-5/h12-14,16H,6-11H2,1-5H3. The Labute approximate surface area is 108 Å². The number of hydrogen-bond acceptors (Lipinski definition) is 2. The van der Waals surface area contributed by atoms with Crippen molar-refractivity contribution in [2.45, 2.75) is 70.9 Å². The molecule has 1 N–H and O–H groups in total. The fraction of sp³-hybridized carbons (Fsp3) is 1.00. The Morgan fingerprint density at radius 2 is 1.82 bits per heavy atom. The van der Waals surface area contributed by atoms with Crippen molar-refractivity contribution < 1.29 is 4.74 Å². The Kier molecular flexibility index (Phi) is 5.94. The van der Waals surface area contributed by atoms with Gasteiger partial charge >= 0.3 is 0 Å². The molecule has 1 aliphatic carbocycles. The minimum atomic E-state index is -0.00468. The molecule has 0 amide bonds. The lowest BCUT2D eigenvalue weighted by molar-refractivity contribution is -0.000646. The van der Waals surface area contributed by atoms with Crippen LogP contribution >= 0.6 is 0 Å². The van der Waals surface area contributed by atoms with Crippen LogP contribution in [0.5, 0.6) is 0 Å². The Hall–Kier alpha value is -0.0800. The molecular weight excluding hydrogens is 210 g/mol. The summed E-state index contributed by atoms with van der Waals surface area (Å²) < 4.78 is 5.56. The highest BCUT2D eigenvalue weighted by Crippen LogP contribution is 2.34. The van der Waals surface area contributed by atoms with Gasteiger partial charge in [0.05, 0.1) is 5.60 Å². The number of nitrogens with one attached hydrogen (secondary N) is 1. The Bertz CT molecular complexity index is 207. The van der Waals surface area contributed by atoms with E-state index < -0.39 is 0 Å². The molecule has 2 heteroatoms. The first-order valence-electron chi connectivity index (χ1n) is 7.24. The van der Waals surface area contributed by atoms with Crippen molar-refractivity contribution in [3.05, 3.63) is 0 Å². The normalized spacial score (nSPS) is 28.1. The molecule has 1 unspecified atom stereocenters. The topological polar surface area (TPSA) is 21.3 Å². The first-order valence-corrected chi connectivity index (χ1v) is 7.24. The Balaban J connectivity index is 2.46. The van der Waals surface area contributed by atoms with E-state index in [-0.39, 0.29) is 5.60 Å². The van der Waals surface area contributed by atoms with Gasteiger partial charge < -0.3 is 10.1 Å². The maximum atomic E-state index is 5.56. The van der Waals surface area contributed by atoms with Crippen molar-refractivity contribution in [2.24, 2.45) is 11.8 Å². The first-order chi connectivity index (χ1) is 8.02. The van der Waals surface area contributed by atoms with E-state index in [1.165, 1.54) is 32.1 Å². The summed E-state index contributed by atoms with van der Waals surface area (Å²) in [5.74, 6) is 1.83. The first kappa shape index (κ1) is 15.0. The molecule has 0 aromatic heterocycles. The van der Waals surface area contributed by atoms with E-state index in [1.807, 2.05) is 7.11 Å². The molecule has 2 nitrogen and oxygen atoms in total. The van der Waals surface area contributed by atoms with Crippen molar-refractivity contribution >= 4 is 0 Å². The zero-order valence-electron chi connectivity index (χ0n) is 12.4. The molecule has 17 heavy (non-hydrogen) atoms. The highest BCUT2D eigenvalue weighted by atomic mass is 16.5. The summed E-state index contributed by atoms with van der Waals surface area (Å²) in [4.78, 5) is 0. The van der Waals surface area contributed by atoms with Crippen LogP contribution in [-0.4, -0.2) is 25.8 Å². The third-order valence-corrected chi connectivity index (χ3v) is 4.67. The molecule has 0 radical (unpaired) electrons. The number of hydrogen-bond donors (Lipinski definition) is 1. The van der Waals surface area contributed by atoms with Crippen molar-refractivity contribution in [3.63, 3.8) is 0 Å². The van der Waals surface area contributed by atoms with Gasteiger partial charge in [-0.1, -0.05) is 26.2 Å². The van der Waals surface area contributed by atoms with Gasteiger partial charge in [0.15, 0.2) is 0 Å². The van der Waals surface area contributed by atoms with Crippen LogP contribution in [0.2, 0.25) is 0 Å². The summed E-state index contributed by atoms with van der Waals surface area (Å²) in [5.41, 5.74) is -0.00468. The molecule has 0 aromatic carbocycles. The van der Waals surface area contributed by atoms with Gasteiger partial charge in [-0.2, -0.15) is 0 Å². The van der Waals surface area contributed by atoms with Gasteiger partial charge in [0.25, 0.3) is 0 Å². The minimum Gasteiger partial charge on any atom is -0.379 e. The van der Waals surface area contributed by atoms with Gasteiger partial charge in [-0.05, 0) is 52.0 Å². The lowest BCUT2D eigenvalue weighted by atomic mass is 9.75. The molecule has 0 spiro atoms. The second kappa shape index (κ2) is 6.75. The fourth-order valence-corrected chi connectivity index (χ4v) is 3.12.